The standard InChI is InChI=1S/C6H2Br2ClF.C3H6N2/c7-4-1-3(10)2-5(8)6(4)9;1-2-5-3-4-1/h1-2H;3H,1-2H2,(H,4,5). The van der Waals surface area contributed by atoms with Crippen molar-refractivity contribution in [2.45, 2.75) is 0 Å². The highest BCUT2D eigenvalue weighted by molar-refractivity contribution is 9.11. The summed E-state index contributed by atoms with van der Waals surface area (Å²) in [6, 6.07) is 2.63. The van der Waals surface area contributed by atoms with Crippen LogP contribution in [0.1, 0.15) is 0 Å². The van der Waals surface area contributed by atoms with E-state index in [2.05, 4.69) is 42.2 Å². The van der Waals surface area contributed by atoms with E-state index in [-0.39, 0.29) is 5.82 Å². The zero-order valence-corrected chi connectivity index (χ0v) is 11.5. The molecule has 6 heteroatoms. The molecule has 1 aromatic rings. The minimum atomic E-state index is -0.317. The number of nitrogens with one attached hydrogen (secondary N) is 1. The van der Waals surface area contributed by atoms with Gasteiger partial charge in [-0.1, -0.05) is 11.6 Å². The van der Waals surface area contributed by atoms with Crippen molar-refractivity contribution in [3.8, 4) is 0 Å². The summed E-state index contributed by atoms with van der Waals surface area (Å²) >= 11 is 11.9. The molecule has 1 N–H and O–H groups in total. The summed E-state index contributed by atoms with van der Waals surface area (Å²) in [5.74, 6) is -0.317. The molecule has 0 bridgehead atoms. The molecule has 0 spiro atoms. The van der Waals surface area contributed by atoms with E-state index in [9.17, 15) is 4.39 Å². The molecule has 0 fully saturated rings. The van der Waals surface area contributed by atoms with Gasteiger partial charge in [-0.15, -0.1) is 0 Å². The van der Waals surface area contributed by atoms with Gasteiger partial charge in [-0.2, -0.15) is 0 Å². The Morgan fingerprint density at radius 3 is 2.27 bits per heavy atom. The first-order valence-electron chi connectivity index (χ1n) is 4.13. The van der Waals surface area contributed by atoms with Gasteiger partial charge < -0.3 is 5.32 Å². The molecular weight excluding hydrogens is 350 g/mol. The van der Waals surface area contributed by atoms with Gasteiger partial charge in [0.25, 0.3) is 0 Å². The largest absolute Gasteiger partial charge is 0.375 e. The third-order valence-corrected chi connectivity index (χ3v) is 3.63. The molecule has 82 valence electrons. The summed E-state index contributed by atoms with van der Waals surface area (Å²) in [5, 5.41) is 3.42. The van der Waals surface area contributed by atoms with E-state index >= 15 is 0 Å². The molecular formula is C9H8Br2ClFN2. The van der Waals surface area contributed by atoms with E-state index in [1.165, 1.54) is 12.1 Å². The van der Waals surface area contributed by atoms with Gasteiger partial charge in [0.1, 0.15) is 5.82 Å². The summed E-state index contributed by atoms with van der Waals surface area (Å²) < 4.78 is 13.6. The molecule has 2 nitrogen and oxygen atoms in total. The molecule has 15 heavy (non-hydrogen) atoms. The van der Waals surface area contributed by atoms with Gasteiger partial charge in [0.2, 0.25) is 0 Å². The van der Waals surface area contributed by atoms with Crippen LogP contribution in [0.2, 0.25) is 5.02 Å². The maximum Gasteiger partial charge on any atom is 0.125 e. The highest BCUT2D eigenvalue weighted by atomic mass is 79.9. The number of nitrogens with zero attached hydrogens (tertiary/aromatic N) is 1. The number of rotatable bonds is 0. The van der Waals surface area contributed by atoms with Crippen LogP contribution in [0.15, 0.2) is 26.1 Å². The molecule has 0 radical (unpaired) electrons. The van der Waals surface area contributed by atoms with Crippen LogP contribution in [-0.4, -0.2) is 19.4 Å². The quantitative estimate of drug-likeness (QED) is 0.556. The molecule has 0 aromatic heterocycles. The Morgan fingerprint density at radius 2 is 1.93 bits per heavy atom. The molecule has 0 atom stereocenters. The lowest BCUT2D eigenvalue weighted by molar-refractivity contribution is 0.626. The summed E-state index contributed by atoms with van der Waals surface area (Å²) in [6.45, 7) is 1.99. The van der Waals surface area contributed by atoms with E-state index in [0.29, 0.717) is 14.0 Å². The Labute approximate surface area is 109 Å². The monoisotopic (exact) mass is 356 g/mol. The van der Waals surface area contributed by atoms with Crippen molar-refractivity contribution in [1.82, 2.24) is 5.32 Å². The third kappa shape index (κ3) is 4.49. The smallest absolute Gasteiger partial charge is 0.125 e. The third-order valence-electron chi connectivity index (χ3n) is 1.52. The van der Waals surface area contributed by atoms with Crippen LogP contribution in [0.4, 0.5) is 4.39 Å². The average molecular weight is 358 g/mol. The van der Waals surface area contributed by atoms with Crippen LogP contribution in [0, 0.1) is 5.82 Å². The highest BCUT2D eigenvalue weighted by Crippen LogP contribution is 2.30. The van der Waals surface area contributed by atoms with Crippen LogP contribution < -0.4 is 5.32 Å². The first-order valence-corrected chi connectivity index (χ1v) is 6.09. The molecule has 1 heterocycles. The molecule has 0 aliphatic carbocycles. The number of aliphatic imine (C=N–C) groups is 1. The Hall–Kier alpha value is -0.130. The Bertz CT molecular complexity index is 342. The van der Waals surface area contributed by atoms with Gasteiger partial charge in [-0.3, -0.25) is 4.99 Å². The van der Waals surface area contributed by atoms with Crippen molar-refractivity contribution in [2.24, 2.45) is 4.99 Å². The minimum absolute atomic E-state index is 0.317. The summed E-state index contributed by atoms with van der Waals surface area (Å²) in [5.41, 5.74) is 0. The van der Waals surface area contributed by atoms with E-state index < -0.39 is 0 Å². The number of halogens is 4. The van der Waals surface area contributed by atoms with Crippen molar-refractivity contribution < 1.29 is 4.39 Å². The molecule has 0 saturated heterocycles. The fraction of sp³-hybridized carbons (Fsp3) is 0.222. The Balaban J connectivity index is 0.000000187. The van der Waals surface area contributed by atoms with Crippen molar-refractivity contribution >= 4 is 49.8 Å². The number of hydrogen-bond donors (Lipinski definition) is 1. The van der Waals surface area contributed by atoms with Gasteiger partial charge in [0.05, 0.1) is 17.9 Å². The topological polar surface area (TPSA) is 24.4 Å². The molecule has 1 aliphatic rings. The summed E-state index contributed by atoms with van der Waals surface area (Å²) in [6.07, 6.45) is 1.74. The van der Waals surface area contributed by atoms with Crippen LogP contribution in [-0.2, 0) is 0 Å². The predicted octanol–water partition coefficient (Wildman–Crippen LogP) is 3.62. The summed E-state index contributed by atoms with van der Waals surface area (Å²) in [7, 11) is 0. The van der Waals surface area contributed by atoms with Crippen LogP contribution >= 0.6 is 43.5 Å². The lowest BCUT2D eigenvalue weighted by Gasteiger charge is -1.97. The molecule has 1 aliphatic heterocycles. The molecule has 0 saturated carbocycles. The van der Waals surface area contributed by atoms with Gasteiger partial charge in [0.15, 0.2) is 0 Å². The lowest BCUT2D eigenvalue weighted by Crippen LogP contribution is -2.04. The van der Waals surface area contributed by atoms with Crippen LogP contribution in [0.25, 0.3) is 0 Å². The van der Waals surface area contributed by atoms with E-state index in [0.717, 1.165) is 13.1 Å². The van der Waals surface area contributed by atoms with Crippen molar-refractivity contribution in [3.05, 3.63) is 31.9 Å². The lowest BCUT2D eigenvalue weighted by atomic mass is 10.3. The minimum Gasteiger partial charge on any atom is -0.375 e. The highest BCUT2D eigenvalue weighted by Gasteiger charge is 2.03. The second kappa shape index (κ2) is 6.45. The maximum atomic E-state index is 12.5. The zero-order chi connectivity index (χ0) is 11.3. The SMILES string of the molecule is C1=NCCN1.Fc1cc(Br)c(Cl)c(Br)c1. The van der Waals surface area contributed by atoms with E-state index in [1.54, 1.807) is 6.34 Å². The first kappa shape index (κ1) is 12.9. The molecule has 0 unspecified atom stereocenters. The van der Waals surface area contributed by atoms with Crippen LogP contribution in [0.5, 0.6) is 0 Å². The molecule has 2 rings (SSSR count). The van der Waals surface area contributed by atoms with Gasteiger partial charge in [0, 0.05) is 15.5 Å². The number of hydrogen-bond acceptors (Lipinski definition) is 2. The van der Waals surface area contributed by atoms with E-state index in [4.69, 9.17) is 11.6 Å². The first-order chi connectivity index (χ1) is 7.11. The fourth-order valence-electron chi connectivity index (χ4n) is 0.847. The van der Waals surface area contributed by atoms with Gasteiger partial charge in [-0.25, -0.2) is 4.39 Å². The van der Waals surface area contributed by atoms with Crippen molar-refractivity contribution in [1.29, 1.82) is 0 Å². The predicted molar refractivity (Wildman–Crippen MR) is 68.2 cm³/mol. The van der Waals surface area contributed by atoms with Gasteiger partial charge in [-0.05, 0) is 44.0 Å². The molecule has 0 amide bonds. The Kier molecular flexibility index (Phi) is 5.56. The fourth-order valence-corrected chi connectivity index (χ4v) is 2.09. The van der Waals surface area contributed by atoms with E-state index in [1.807, 2.05) is 0 Å². The van der Waals surface area contributed by atoms with Crippen molar-refractivity contribution in [3.63, 3.8) is 0 Å². The second-order valence-corrected chi connectivity index (χ2v) is 4.76. The van der Waals surface area contributed by atoms with Crippen molar-refractivity contribution in [2.75, 3.05) is 13.1 Å². The van der Waals surface area contributed by atoms with Crippen LogP contribution in [0.3, 0.4) is 0 Å². The molecule has 1 aromatic carbocycles. The normalized spacial score (nSPS) is 13.1. The zero-order valence-electron chi connectivity index (χ0n) is 7.61. The second-order valence-electron chi connectivity index (χ2n) is 2.67. The van der Waals surface area contributed by atoms with Gasteiger partial charge >= 0.3 is 0 Å². The summed E-state index contributed by atoms with van der Waals surface area (Å²) in [4.78, 5) is 3.85. The Morgan fingerprint density at radius 1 is 1.33 bits per heavy atom. The average Bonchev–Trinajstić information content (AvgIpc) is 2.71. The maximum absolute atomic E-state index is 12.5. The number of benzene rings is 1.